The molecule has 2 aliphatic rings. The van der Waals surface area contributed by atoms with Gasteiger partial charge in [-0.05, 0) is 25.0 Å². The van der Waals surface area contributed by atoms with Gasteiger partial charge in [-0.15, -0.1) is 24.0 Å². The highest BCUT2D eigenvalue weighted by Gasteiger charge is 2.34. The Morgan fingerprint density at radius 3 is 2.80 bits per heavy atom. The molecule has 2 atom stereocenters. The largest absolute Gasteiger partial charge is 0.488 e. The molecule has 2 aliphatic heterocycles. The minimum absolute atomic E-state index is 0. The number of benzene rings is 1. The highest BCUT2D eigenvalue weighted by Crippen LogP contribution is 2.24. The number of rotatable bonds is 6. The summed E-state index contributed by atoms with van der Waals surface area (Å²) in [6.45, 7) is 3.73. The van der Waals surface area contributed by atoms with Gasteiger partial charge in [0.05, 0.1) is 19.8 Å². The van der Waals surface area contributed by atoms with Gasteiger partial charge in [0.15, 0.2) is 5.96 Å². The molecule has 0 spiro atoms. The monoisotopic (exact) mass is 542 g/mol. The zero-order valence-electron chi connectivity index (χ0n) is 17.3. The van der Waals surface area contributed by atoms with Crippen molar-refractivity contribution in [3.63, 3.8) is 0 Å². The summed E-state index contributed by atoms with van der Waals surface area (Å²) >= 11 is 0. The zero-order valence-corrected chi connectivity index (χ0v) is 19.6. The fraction of sp³-hybridized carbons (Fsp3) is 0.650. The Balaban J connectivity index is 0.00000320. The maximum atomic E-state index is 12.6. The number of likely N-dealkylation sites (tertiary alicyclic amines) is 1. The van der Waals surface area contributed by atoms with E-state index in [0.717, 1.165) is 23.3 Å². The molecule has 1 aromatic rings. The lowest BCUT2D eigenvalue weighted by Crippen LogP contribution is -2.45. The maximum absolute atomic E-state index is 12.6. The van der Waals surface area contributed by atoms with Crippen LogP contribution in [0.3, 0.4) is 0 Å². The van der Waals surface area contributed by atoms with E-state index in [-0.39, 0.29) is 36.1 Å². The minimum atomic E-state index is -4.17. The van der Waals surface area contributed by atoms with Crippen LogP contribution in [0.5, 0.6) is 5.75 Å². The lowest BCUT2D eigenvalue weighted by atomic mass is 10.1. The van der Waals surface area contributed by atoms with E-state index in [2.05, 4.69) is 15.6 Å². The fourth-order valence-electron chi connectivity index (χ4n) is 3.62. The molecule has 1 aromatic carbocycles. The molecule has 2 saturated heterocycles. The van der Waals surface area contributed by atoms with Gasteiger partial charge in [0.2, 0.25) is 0 Å². The van der Waals surface area contributed by atoms with Crippen LogP contribution in [0, 0.1) is 6.92 Å². The van der Waals surface area contributed by atoms with Gasteiger partial charge < -0.3 is 20.1 Å². The summed E-state index contributed by atoms with van der Waals surface area (Å²) in [7, 11) is 1.65. The van der Waals surface area contributed by atoms with Crippen LogP contribution in [0.1, 0.15) is 24.0 Å². The van der Waals surface area contributed by atoms with E-state index in [1.165, 1.54) is 4.90 Å². The van der Waals surface area contributed by atoms with E-state index in [1.54, 1.807) is 7.05 Å². The third-order valence-electron chi connectivity index (χ3n) is 5.09. The molecular weight excluding hydrogens is 512 g/mol. The highest BCUT2D eigenvalue weighted by atomic mass is 127. The first-order chi connectivity index (χ1) is 13.8. The molecule has 2 fully saturated rings. The molecule has 170 valence electrons. The van der Waals surface area contributed by atoms with Gasteiger partial charge >= 0.3 is 6.18 Å². The first-order valence-corrected chi connectivity index (χ1v) is 9.92. The van der Waals surface area contributed by atoms with Crippen LogP contribution in [0.25, 0.3) is 0 Å². The molecule has 0 aromatic heterocycles. The number of nitrogens with zero attached hydrogens (tertiary/aromatic N) is 2. The minimum Gasteiger partial charge on any atom is -0.488 e. The molecule has 6 nitrogen and oxygen atoms in total. The number of aliphatic imine (C=N–C) groups is 1. The second kappa shape index (κ2) is 11.4. The van der Waals surface area contributed by atoms with Gasteiger partial charge in [0.1, 0.15) is 11.9 Å². The normalized spacial score (nSPS) is 22.6. The van der Waals surface area contributed by atoms with E-state index in [1.807, 2.05) is 25.1 Å². The van der Waals surface area contributed by atoms with Crippen LogP contribution >= 0.6 is 24.0 Å². The molecule has 2 N–H and O–H groups in total. The predicted molar refractivity (Wildman–Crippen MR) is 121 cm³/mol. The number of hydrogen-bond donors (Lipinski definition) is 2. The van der Waals surface area contributed by atoms with Crippen molar-refractivity contribution in [1.29, 1.82) is 0 Å². The molecular formula is C20H30F3IN4O2. The van der Waals surface area contributed by atoms with E-state index in [0.29, 0.717) is 45.2 Å². The number of alkyl halides is 3. The Kier molecular flexibility index (Phi) is 9.48. The first kappa shape index (κ1) is 25.0. The van der Waals surface area contributed by atoms with E-state index in [9.17, 15) is 13.2 Å². The maximum Gasteiger partial charge on any atom is 0.401 e. The SMILES string of the molecule is CN=C(NCc1ccc(C)cc1OC1CCOC1)NC1CCN(CC(F)(F)F)C1.I. The molecule has 0 amide bonds. The van der Waals surface area contributed by atoms with Crippen LogP contribution < -0.4 is 15.4 Å². The Bertz CT molecular complexity index is 712. The van der Waals surface area contributed by atoms with Crippen molar-refractivity contribution in [1.82, 2.24) is 15.5 Å². The van der Waals surface area contributed by atoms with Crippen LogP contribution in [0.4, 0.5) is 13.2 Å². The first-order valence-electron chi connectivity index (χ1n) is 9.92. The van der Waals surface area contributed by atoms with Crippen molar-refractivity contribution in [3.05, 3.63) is 29.3 Å². The molecule has 0 aliphatic carbocycles. The van der Waals surface area contributed by atoms with E-state index in [4.69, 9.17) is 9.47 Å². The Hall–Kier alpha value is -1.27. The second-order valence-corrected chi connectivity index (χ2v) is 7.62. The Labute approximate surface area is 192 Å². The van der Waals surface area contributed by atoms with Crippen molar-refractivity contribution in [2.75, 3.05) is 39.9 Å². The lowest BCUT2D eigenvalue weighted by Gasteiger charge is -2.21. The van der Waals surface area contributed by atoms with E-state index >= 15 is 0 Å². The van der Waals surface area contributed by atoms with Crippen LogP contribution in [-0.4, -0.2) is 69.1 Å². The molecule has 0 bridgehead atoms. The topological polar surface area (TPSA) is 58.1 Å². The standard InChI is InChI=1S/C20H29F3N4O2.HI/c1-14-3-4-15(18(9-14)29-17-6-8-28-12-17)10-25-19(24-2)26-16-5-7-27(11-16)13-20(21,22)23;/h3-4,9,16-17H,5-8,10-13H2,1-2H3,(H2,24,25,26);1H. The average Bonchev–Trinajstić information content (AvgIpc) is 3.30. The quantitative estimate of drug-likeness (QED) is 0.329. The number of halogens is 4. The third-order valence-corrected chi connectivity index (χ3v) is 5.09. The van der Waals surface area contributed by atoms with Gasteiger partial charge in [-0.1, -0.05) is 12.1 Å². The fourth-order valence-corrected chi connectivity index (χ4v) is 3.62. The molecule has 3 rings (SSSR count). The summed E-state index contributed by atoms with van der Waals surface area (Å²) in [5, 5.41) is 6.47. The number of ether oxygens (including phenoxy) is 2. The molecule has 2 unspecified atom stereocenters. The van der Waals surface area contributed by atoms with Gasteiger partial charge in [0, 0.05) is 44.7 Å². The third kappa shape index (κ3) is 7.77. The van der Waals surface area contributed by atoms with Crippen molar-refractivity contribution >= 4 is 29.9 Å². The number of hydrogen-bond acceptors (Lipinski definition) is 4. The Morgan fingerprint density at radius 1 is 1.33 bits per heavy atom. The molecule has 0 radical (unpaired) electrons. The van der Waals surface area contributed by atoms with Crippen molar-refractivity contribution in [3.8, 4) is 5.75 Å². The summed E-state index contributed by atoms with van der Waals surface area (Å²) in [4.78, 5) is 5.63. The van der Waals surface area contributed by atoms with Crippen LogP contribution in [0.15, 0.2) is 23.2 Å². The van der Waals surface area contributed by atoms with Crippen molar-refractivity contribution in [2.24, 2.45) is 4.99 Å². The number of aryl methyl sites for hydroxylation is 1. The summed E-state index contributed by atoms with van der Waals surface area (Å²) < 4.78 is 49.2. The lowest BCUT2D eigenvalue weighted by molar-refractivity contribution is -0.143. The van der Waals surface area contributed by atoms with Crippen molar-refractivity contribution < 1.29 is 22.6 Å². The second-order valence-electron chi connectivity index (χ2n) is 7.62. The molecule has 2 heterocycles. The van der Waals surface area contributed by atoms with E-state index < -0.39 is 12.7 Å². The average molecular weight is 542 g/mol. The van der Waals surface area contributed by atoms with Gasteiger partial charge in [-0.3, -0.25) is 9.89 Å². The number of guanidine groups is 1. The van der Waals surface area contributed by atoms with Gasteiger partial charge in [0.25, 0.3) is 0 Å². The summed E-state index contributed by atoms with van der Waals surface area (Å²) in [5.74, 6) is 1.39. The van der Waals surface area contributed by atoms with Gasteiger partial charge in [-0.25, -0.2) is 0 Å². The molecule has 30 heavy (non-hydrogen) atoms. The Morgan fingerprint density at radius 2 is 2.13 bits per heavy atom. The predicted octanol–water partition coefficient (Wildman–Crippen LogP) is 3.08. The molecule has 0 saturated carbocycles. The number of nitrogens with one attached hydrogen (secondary N) is 2. The summed E-state index contributed by atoms with van der Waals surface area (Å²) in [6.07, 6.45) is -2.58. The summed E-state index contributed by atoms with van der Waals surface area (Å²) in [5.41, 5.74) is 2.11. The van der Waals surface area contributed by atoms with Gasteiger partial charge in [-0.2, -0.15) is 13.2 Å². The van der Waals surface area contributed by atoms with Crippen LogP contribution in [-0.2, 0) is 11.3 Å². The zero-order chi connectivity index (χ0) is 20.9. The molecule has 10 heteroatoms. The van der Waals surface area contributed by atoms with Crippen molar-refractivity contribution in [2.45, 2.75) is 44.6 Å². The van der Waals surface area contributed by atoms with Crippen LogP contribution in [0.2, 0.25) is 0 Å². The highest BCUT2D eigenvalue weighted by molar-refractivity contribution is 14.0. The summed E-state index contributed by atoms with van der Waals surface area (Å²) in [6, 6.07) is 5.99. The smallest absolute Gasteiger partial charge is 0.401 e.